The van der Waals surface area contributed by atoms with E-state index < -0.39 is 16.0 Å². The average molecular weight is 371 g/mol. The van der Waals surface area contributed by atoms with Gasteiger partial charge in [-0.15, -0.1) is 11.3 Å². The molecule has 3 N–H and O–H groups in total. The van der Waals surface area contributed by atoms with Crippen molar-refractivity contribution >= 4 is 43.3 Å². The van der Waals surface area contributed by atoms with E-state index in [-0.39, 0.29) is 9.77 Å². The molecule has 1 aromatic heterocycles. The van der Waals surface area contributed by atoms with Gasteiger partial charge in [-0.2, -0.15) is 0 Å². The minimum absolute atomic E-state index is 0.0140. The second-order valence-electron chi connectivity index (χ2n) is 3.66. The van der Waals surface area contributed by atoms with Crippen molar-refractivity contribution in [1.82, 2.24) is 10.0 Å². The number of thiophene rings is 1. The van der Waals surface area contributed by atoms with Crippen LogP contribution in [0.3, 0.4) is 0 Å². The molecule has 1 heterocycles. The maximum atomic E-state index is 12.0. The van der Waals surface area contributed by atoms with E-state index in [4.69, 9.17) is 5.11 Å². The van der Waals surface area contributed by atoms with Crippen molar-refractivity contribution in [3.8, 4) is 0 Å². The molecular formula is C10H15BrN2O4S2. The van der Waals surface area contributed by atoms with Crippen LogP contribution in [0.4, 0.5) is 0 Å². The first kappa shape index (κ1) is 16.6. The first-order chi connectivity index (χ1) is 8.88. The lowest BCUT2D eigenvalue weighted by Crippen LogP contribution is -2.27. The van der Waals surface area contributed by atoms with Crippen LogP contribution >= 0.6 is 27.3 Å². The van der Waals surface area contributed by atoms with Gasteiger partial charge in [0.1, 0.15) is 9.77 Å². The Morgan fingerprint density at radius 3 is 2.68 bits per heavy atom. The first-order valence-electron chi connectivity index (χ1n) is 5.61. The molecule has 19 heavy (non-hydrogen) atoms. The molecule has 9 heteroatoms. The lowest BCUT2D eigenvalue weighted by atomic mass is 10.4. The number of rotatable bonds is 8. The van der Waals surface area contributed by atoms with Crippen LogP contribution in [-0.4, -0.2) is 39.1 Å². The van der Waals surface area contributed by atoms with Crippen molar-refractivity contribution in [2.75, 3.05) is 19.6 Å². The maximum absolute atomic E-state index is 12.0. The van der Waals surface area contributed by atoms with Crippen molar-refractivity contribution in [3.63, 3.8) is 0 Å². The summed E-state index contributed by atoms with van der Waals surface area (Å²) in [6.07, 6.45) is 0.667. The van der Waals surface area contributed by atoms with Gasteiger partial charge in [0.2, 0.25) is 10.0 Å². The fourth-order valence-electron chi connectivity index (χ4n) is 1.32. The maximum Gasteiger partial charge on any atom is 0.345 e. The van der Waals surface area contributed by atoms with Crippen LogP contribution in [0, 0.1) is 0 Å². The summed E-state index contributed by atoms with van der Waals surface area (Å²) in [5.41, 5.74) is 0. The van der Waals surface area contributed by atoms with Crippen LogP contribution in [-0.2, 0) is 10.0 Å². The molecule has 6 nitrogen and oxygen atoms in total. The summed E-state index contributed by atoms with van der Waals surface area (Å²) in [7, 11) is -3.67. The number of hydrogen-bond acceptors (Lipinski definition) is 5. The summed E-state index contributed by atoms with van der Waals surface area (Å²) in [6.45, 7) is 3.84. The van der Waals surface area contributed by atoms with Gasteiger partial charge in [-0.25, -0.2) is 17.9 Å². The molecule has 0 unspecified atom stereocenters. The zero-order valence-corrected chi connectivity index (χ0v) is 13.5. The fourth-order valence-corrected chi connectivity index (χ4v) is 4.79. The van der Waals surface area contributed by atoms with E-state index in [1.165, 1.54) is 0 Å². The third-order valence-corrected chi connectivity index (χ3v) is 5.93. The van der Waals surface area contributed by atoms with Crippen molar-refractivity contribution in [2.24, 2.45) is 0 Å². The molecule has 0 atom stereocenters. The average Bonchev–Trinajstić information content (AvgIpc) is 2.72. The van der Waals surface area contributed by atoms with E-state index in [1.54, 1.807) is 0 Å². The molecular weight excluding hydrogens is 356 g/mol. The quantitative estimate of drug-likeness (QED) is 0.602. The highest BCUT2D eigenvalue weighted by molar-refractivity contribution is 9.11. The Labute approximate surface area is 124 Å². The standard InChI is InChI=1S/C10H15BrN2O4S2/c1-2-12-4-3-5-13-19(16,17)8-6-7(10(14)15)18-9(8)11/h6,12-13H,2-5H2,1H3,(H,14,15). The third-order valence-electron chi connectivity index (χ3n) is 2.23. The highest BCUT2D eigenvalue weighted by atomic mass is 79.9. The number of carboxylic acid groups (broad SMARTS) is 1. The monoisotopic (exact) mass is 370 g/mol. The minimum atomic E-state index is -3.67. The van der Waals surface area contributed by atoms with Gasteiger partial charge in [0.25, 0.3) is 0 Å². The highest BCUT2D eigenvalue weighted by Crippen LogP contribution is 2.31. The molecule has 0 bridgehead atoms. The Morgan fingerprint density at radius 1 is 1.47 bits per heavy atom. The van der Waals surface area contributed by atoms with E-state index in [9.17, 15) is 13.2 Å². The second kappa shape index (κ2) is 7.34. The minimum Gasteiger partial charge on any atom is -0.477 e. The number of hydrogen-bond donors (Lipinski definition) is 3. The summed E-state index contributed by atoms with van der Waals surface area (Å²) in [5, 5.41) is 11.9. The number of nitrogens with one attached hydrogen (secondary N) is 2. The van der Waals surface area contributed by atoms with Gasteiger partial charge in [-0.3, -0.25) is 0 Å². The first-order valence-corrected chi connectivity index (χ1v) is 8.70. The number of aromatic carboxylic acids is 1. The Balaban J connectivity index is 2.69. The molecule has 0 saturated carbocycles. The number of carboxylic acids is 1. The smallest absolute Gasteiger partial charge is 0.345 e. The second-order valence-corrected chi connectivity index (χ2v) is 7.76. The van der Waals surface area contributed by atoms with Gasteiger partial charge in [-0.1, -0.05) is 6.92 Å². The molecule has 0 aliphatic rings. The third kappa shape index (κ3) is 4.84. The summed E-state index contributed by atoms with van der Waals surface area (Å²) in [6, 6.07) is 1.16. The number of halogens is 1. The fraction of sp³-hybridized carbons (Fsp3) is 0.500. The summed E-state index contributed by atoms with van der Waals surface area (Å²) < 4.78 is 26.7. The number of carbonyl (C=O) groups is 1. The molecule has 0 aliphatic heterocycles. The van der Waals surface area contributed by atoms with E-state index >= 15 is 0 Å². The van der Waals surface area contributed by atoms with Crippen molar-refractivity contribution in [1.29, 1.82) is 0 Å². The molecule has 108 valence electrons. The Morgan fingerprint density at radius 2 is 2.16 bits per heavy atom. The zero-order chi connectivity index (χ0) is 14.5. The largest absolute Gasteiger partial charge is 0.477 e. The lowest BCUT2D eigenvalue weighted by molar-refractivity contribution is 0.0702. The van der Waals surface area contributed by atoms with Crippen LogP contribution in [0.2, 0.25) is 0 Å². The molecule has 0 fully saturated rings. The van der Waals surface area contributed by atoms with Gasteiger partial charge < -0.3 is 10.4 Å². The van der Waals surface area contributed by atoms with E-state index in [0.717, 1.165) is 30.5 Å². The zero-order valence-electron chi connectivity index (χ0n) is 10.3. The summed E-state index contributed by atoms with van der Waals surface area (Å²) in [5.74, 6) is -1.14. The van der Waals surface area contributed by atoms with Crippen molar-refractivity contribution in [3.05, 3.63) is 14.7 Å². The molecule has 0 aliphatic carbocycles. The Kier molecular flexibility index (Phi) is 6.40. The predicted molar refractivity (Wildman–Crippen MR) is 77.3 cm³/mol. The summed E-state index contributed by atoms with van der Waals surface area (Å²) in [4.78, 5) is 10.7. The lowest BCUT2D eigenvalue weighted by Gasteiger charge is -2.05. The SMILES string of the molecule is CCNCCCNS(=O)(=O)c1cc(C(=O)O)sc1Br. The molecule has 0 radical (unpaired) electrons. The van der Waals surface area contributed by atoms with E-state index in [1.807, 2.05) is 6.92 Å². The molecule has 0 saturated heterocycles. The topological polar surface area (TPSA) is 95.5 Å². The van der Waals surface area contributed by atoms with Crippen LogP contribution in [0.15, 0.2) is 14.7 Å². The summed E-state index contributed by atoms with van der Waals surface area (Å²) >= 11 is 3.96. The molecule has 0 aromatic carbocycles. The van der Waals surface area contributed by atoms with E-state index in [2.05, 4.69) is 26.0 Å². The van der Waals surface area contributed by atoms with E-state index in [0.29, 0.717) is 16.8 Å². The van der Waals surface area contributed by atoms with Crippen LogP contribution in [0.25, 0.3) is 0 Å². The van der Waals surface area contributed by atoms with Gasteiger partial charge in [-0.05, 0) is 41.5 Å². The molecule has 1 rings (SSSR count). The molecule has 0 spiro atoms. The molecule has 0 amide bonds. The molecule has 1 aromatic rings. The van der Waals surface area contributed by atoms with Gasteiger partial charge in [0, 0.05) is 6.54 Å². The Bertz CT molecular complexity index is 542. The van der Waals surface area contributed by atoms with Crippen molar-refractivity contribution in [2.45, 2.75) is 18.2 Å². The van der Waals surface area contributed by atoms with Gasteiger partial charge in [0.15, 0.2) is 0 Å². The normalized spacial score (nSPS) is 11.7. The van der Waals surface area contributed by atoms with Crippen molar-refractivity contribution < 1.29 is 18.3 Å². The van der Waals surface area contributed by atoms with Crippen LogP contribution in [0.1, 0.15) is 23.0 Å². The van der Waals surface area contributed by atoms with Crippen LogP contribution < -0.4 is 10.0 Å². The highest BCUT2D eigenvalue weighted by Gasteiger charge is 2.22. The number of sulfonamides is 1. The van der Waals surface area contributed by atoms with Crippen LogP contribution in [0.5, 0.6) is 0 Å². The van der Waals surface area contributed by atoms with Gasteiger partial charge >= 0.3 is 5.97 Å². The predicted octanol–water partition coefficient (Wildman–Crippen LogP) is 1.49. The van der Waals surface area contributed by atoms with Gasteiger partial charge in [0.05, 0.1) is 3.79 Å². The Hall–Kier alpha value is -0.480.